The molecular weight excluding hydrogens is 312 g/mol. The minimum absolute atomic E-state index is 0.0941. The highest BCUT2D eigenvalue weighted by Gasteiger charge is 2.18. The van der Waals surface area contributed by atoms with Gasteiger partial charge in [-0.1, -0.05) is 12.1 Å². The van der Waals surface area contributed by atoms with Crippen molar-refractivity contribution in [3.05, 3.63) is 46.2 Å². The van der Waals surface area contributed by atoms with Gasteiger partial charge in [0.1, 0.15) is 11.9 Å². The predicted octanol–water partition coefficient (Wildman–Crippen LogP) is 3.55. The zero-order valence-corrected chi connectivity index (χ0v) is 13.8. The molecule has 1 fully saturated rings. The first-order valence-corrected chi connectivity index (χ1v) is 8.51. The number of thiophene rings is 1. The summed E-state index contributed by atoms with van der Waals surface area (Å²) >= 11 is 1.62. The Morgan fingerprint density at radius 2 is 2.35 bits per heavy atom. The maximum atomic E-state index is 12.0. The van der Waals surface area contributed by atoms with Crippen LogP contribution < -0.4 is 15.4 Å². The van der Waals surface area contributed by atoms with Crippen LogP contribution in [0.1, 0.15) is 16.9 Å². The molecule has 0 unspecified atom stereocenters. The molecule has 2 N–H and O–H groups in total. The van der Waals surface area contributed by atoms with Crippen molar-refractivity contribution >= 4 is 23.1 Å². The Bertz CT molecular complexity index is 652. The van der Waals surface area contributed by atoms with Crippen LogP contribution in [-0.4, -0.2) is 25.3 Å². The van der Waals surface area contributed by atoms with Crippen molar-refractivity contribution in [2.45, 2.75) is 26.0 Å². The summed E-state index contributed by atoms with van der Waals surface area (Å²) in [6, 6.07) is 9.41. The molecule has 2 amide bonds. The van der Waals surface area contributed by atoms with Gasteiger partial charge in [0.05, 0.1) is 19.8 Å². The van der Waals surface area contributed by atoms with Crippen molar-refractivity contribution in [3.63, 3.8) is 0 Å². The molecule has 2 aromatic rings. The lowest BCUT2D eigenvalue weighted by atomic mass is 10.2. The number of amides is 2. The van der Waals surface area contributed by atoms with E-state index < -0.39 is 0 Å². The third-order valence-corrected chi connectivity index (χ3v) is 4.51. The summed E-state index contributed by atoms with van der Waals surface area (Å²) in [5, 5.41) is 7.67. The van der Waals surface area contributed by atoms with E-state index in [4.69, 9.17) is 9.47 Å². The molecule has 1 atom stereocenters. The van der Waals surface area contributed by atoms with Gasteiger partial charge in [0.15, 0.2) is 0 Å². The Morgan fingerprint density at radius 1 is 1.43 bits per heavy atom. The van der Waals surface area contributed by atoms with Crippen LogP contribution in [0.2, 0.25) is 0 Å². The number of carbonyl (C=O) groups is 1. The van der Waals surface area contributed by atoms with E-state index in [1.807, 2.05) is 42.6 Å². The molecule has 23 heavy (non-hydrogen) atoms. The number of hydrogen-bond acceptors (Lipinski definition) is 4. The summed E-state index contributed by atoms with van der Waals surface area (Å²) in [7, 11) is 0. The summed E-state index contributed by atoms with van der Waals surface area (Å²) in [6.07, 6.45) is 0.995. The fourth-order valence-corrected chi connectivity index (χ4v) is 2.99. The molecular formula is C17H20N2O3S. The fourth-order valence-electron chi connectivity index (χ4n) is 2.35. The number of rotatable bonds is 5. The average Bonchev–Trinajstić information content (AvgIpc) is 3.22. The van der Waals surface area contributed by atoms with E-state index in [1.165, 1.54) is 0 Å². The van der Waals surface area contributed by atoms with Gasteiger partial charge < -0.3 is 20.1 Å². The van der Waals surface area contributed by atoms with Crippen LogP contribution in [0.4, 0.5) is 10.5 Å². The molecule has 0 aliphatic carbocycles. The fraction of sp³-hybridized carbons (Fsp3) is 0.353. The lowest BCUT2D eigenvalue weighted by molar-refractivity contribution is 0.141. The molecule has 5 nitrogen and oxygen atoms in total. The third-order valence-electron chi connectivity index (χ3n) is 3.63. The Kier molecular flexibility index (Phi) is 5.15. The number of urea groups is 1. The molecule has 3 rings (SSSR count). The highest BCUT2D eigenvalue weighted by molar-refractivity contribution is 7.09. The van der Waals surface area contributed by atoms with Gasteiger partial charge in [0.25, 0.3) is 0 Å². The maximum Gasteiger partial charge on any atom is 0.319 e. The van der Waals surface area contributed by atoms with Crippen LogP contribution in [0.3, 0.4) is 0 Å². The highest BCUT2D eigenvalue weighted by atomic mass is 32.1. The Morgan fingerprint density at radius 3 is 3.09 bits per heavy atom. The topological polar surface area (TPSA) is 59.6 Å². The number of ether oxygens (including phenoxy) is 2. The molecule has 0 bridgehead atoms. The van der Waals surface area contributed by atoms with Crippen LogP contribution in [0.15, 0.2) is 35.7 Å². The second kappa shape index (κ2) is 7.48. The number of carbonyl (C=O) groups excluding carboxylic acids is 1. The van der Waals surface area contributed by atoms with E-state index >= 15 is 0 Å². The van der Waals surface area contributed by atoms with Crippen LogP contribution in [0.25, 0.3) is 0 Å². The van der Waals surface area contributed by atoms with Gasteiger partial charge in [-0.2, -0.15) is 0 Å². The number of hydrogen-bond donors (Lipinski definition) is 2. The molecule has 0 saturated carbocycles. The lowest BCUT2D eigenvalue weighted by Crippen LogP contribution is -2.27. The Balaban J connectivity index is 1.57. The van der Waals surface area contributed by atoms with Gasteiger partial charge in [-0.25, -0.2) is 4.79 Å². The van der Waals surface area contributed by atoms with Gasteiger partial charge in [-0.3, -0.25) is 0 Å². The van der Waals surface area contributed by atoms with Crippen molar-refractivity contribution in [2.75, 3.05) is 18.5 Å². The minimum atomic E-state index is -0.225. The summed E-state index contributed by atoms with van der Waals surface area (Å²) in [5.41, 5.74) is 1.76. The molecule has 6 heteroatoms. The SMILES string of the molecule is Cc1ccc(NC(=O)NCc2cccs2)cc1O[C@@H]1CCOC1. The number of anilines is 1. The van der Waals surface area contributed by atoms with Crippen LogP contribution in [-0.2, 0) is 11.3 Å². The molecule has 122 valence electrons. The molecule has 1 aromatic heterocycles. The van der Waals surface area contributed by atoms with Crippen LogP contribution >= 0.6 is 11.3 Å². The largest absolute Gasteiger partial charge is 0.488 e. The van der Waals surface area contributed by atoms with Gasteiger partial charge in [0, 0.05) is 23.1 Å². The zero-order chi connectivity index (χ0) is 16.1. The second-order valence-corrected chi connectivity index (χ2v) is 6.50. The lowest BCUT2D eigenvalue weighted by Gasteiger charge is -2.15. The average molecular weight is 332 g/mol. The Hall–Kier alpha value is -2.05. The monoisotopic (exact) mass is 332 g/mol. The summed E-state index contributed by atoms with van der Waals surface area (Å²) < 4.78 is 11.3. The highest BCUT2D eigenvalue weighted by Crippen LogP contribution is 2.25. The Labute approximate surface area is 139 Å². The van der Waals surface area contributed by atoms with E-state index in [0.29, 0.717) is 18.8 Å². The quantitative estimate of drug-likeness (QED) is 0.880. The van der Waals surface area contributed by atoms with Crippen molar-refractivity contribution < 1.29 is 14.3 Å². The second-order valence-electron chi connectivity index (χ2n) is 5.47. The van der Waals surface area contributed by atoms with Gasteiger partial charge in [0.2, 0.25) is 0 Å². The maximum absolute atomic E-state index is 12.0. The van der Waals surface area contributed by atoms with Crippen molar-refractivity contribution in [1.29, 1.82) is 0 Å². The molecule has 0 radical (unpaired) electrons. The van der Waals surface area contributed by atoms with E-state index in [1.54, 1.807) is 11.3 Å². The number of benzene rings is 1. The van der Waals surface area contributed by atoms with E-state index in [2.05, 4.69) is 10.6 Å². The summed E-state index contributed by atoms with van der Waals surface area (Å²) in [4.78, 5) is 13.1. The van der Waals surface area contributed by atoms with Gasteiger partial charge in [-0.05, 0) is 30.0 Å². The molecule has 0 spiro atoms. The van der Waals surface area contributed by atoms with E-state index in [-0.39, 0.29) is 12.1 Å². The van der Waals surface area contributed by atoms with E-state index in [0.717, 1.165) is 29.2 Å². The van der Waals surface area contributed by atoms with Gasteiger partial charge in [-0.15, -0.1) is 11.3 Å². The first-order valence-electron chi connectivity index (χ1n) is 7.63. The number of nitrogens with one attached hydrogen (secondary N) is 2. The van der Waals surface area contributed by atoms with E-state index in [9.17, 15) is 4.79 Å². The minimum Gasteiger partial charge on any atom is -0.488 e. The first-order chi connectivity index (χ1) is 11.2. The van der Waals surface area contributed by atoms with Crippen molar-refractivity contribution in [1.82, 2.24) is 5.32 Å². The molecule has 1 saturated heterocycles. The van der Waals surface area contributed by atoms with Crippen molar-refractivity contribution in [3.8, 4) is 5.75 Å². The summed E-state index contributed by atoms with van der Waals surface area (Å²) in [5.74, 6) is 0.788. The third kappa shape index (κ3) is 4.46. The smallest absolute Gasteiger partial charge is 0.319 e. The van der Waals surface area contributed by atoms with Crippen LogP contribution in [0.5, 0.6) is 5.75 Å². The first kappa shape index (κ1) is 15.8. The van der Waals surface area contributed by atoms with Crippen molar-refractivity contribution in [2.24, 2.45) is 0 Å². The molecule has 1 aromatic carbocycles. The predicted molar refractivity (Wildman–Crippen MR) is 91.2 cm³/mol. The number of aryl methyl sites for hydroxylation is 1. The molecule has 1 aliphatic rings. The molecule has 1 aliphatic heterocycles. The summed E-state index contributed by atoms with van der Waals surface area (Å²) in [6.45, 7) is 3.88. The zero-order valence-electron chi connectivity index (χ0n) is 13.0. The normalized spacial score (nSPS) is 17.0. The standard InChI is InChI=1S/C17H20N2O3S/c1-12-4-5-13(9-16(12)22-14-6-7-21-11-14)19-17(20)18-10-15-3-2-8-23-15/h2-5,8-9,14H,6-7,10-11H2,1H3,(H2,18,19,20)/t14-/m1/s1. The van der Waals surface area contributed by atoms with Gasteiger partial charge >= 0.3 is 6.03 Å². The van der Waals surface area contributed by atoms with Crippen LogP contribution in [0, 0.1) is 6.92 Å². The molecule has 2 heterocycles.